The van der Waals surface area contributed by atoms with Crippen LogP contribution in [-0.4, -0.2) is 65.2 Å². The van der Waals surface area contributed by atoms with Crippen LogP contribution in [0.15, 0.2) is 54.9 Å². The Morgan fingerprint density at radius 3 is 2.50 bits per heavy atom. The number of nitrogens with zero attached hydrogens (tertiary/aromatic N) is 3. The van der Waals surface area contributed by atoms with Gasteiger partial charge in [0.2, 0.25) is 5.91 Å². The minimum absolute atomic E-state index is 0.0864. The number of nitrogens with one attached hydrogen (secondary N) is 1. The van der Waals surface area contributed by atoms with E-state index in [1.165, 1.54) is 11.1 Å². The maximum absolute atomic E-state index is 13.0. The zero-order valence-electron chi connectivity index (χ0n) is 18.0. The first-order valence-electron chi connectivity index (χ1n) is 10.9. The van der Waals surface area contributed by atoms with Gasteiger partial charge >= 0.3 is 0 Å². The Hall–Kier alpha value is -1.89. The number of hydrogen-bond acceptors (Lipinski definition) is 5. The van der Waals surface area contributed by atoms with Crippen molar-refractivity contribution in [3.8, 4) is 0 Å². The summed E-state index contributed by atoms with van der Waals surface area (Å²) in [6.07, 6.45) is 4.75. The Kier molecular flexibility index (Phi) is 6.76. The Bertz CT molecular complexity index is 822. The van der Waals surface area contributed by atoms with E-state index in [0.717, 1.165) is 44.9 Å². The number of piperazine rings is 1. The molecule has 5 nitrogen and oxygen atoms in total. The summed E-state index contributed by atoms with van der Waals surface area (Å²) in [5, 5.41) is 3.69. The molecule has 3 heterocycles. The molecular weight excluding hydrogens is 392 g/mol. The van der Waals surface area contributed by atoms with E-state index in [4.69, 9.17) is 0 Å². The molecule has 2 saturated heterocycles. The Balaban J connectivity index is 1.23. The van der Waals surface area contributed by atoms with Crippen LogP contribution in [0.5, 0.6) is 0 Å². The number of pyridine rings is 1. The topological polar surface area (TPSA) is 48.5 Å². The van der Waals surface area contributed by atoms with Gasteiger partial charge in [0.05, 0.1) is 11.4 Å². The summed E-state index contributed by atoms with van der Waals surface area (Å²) in [4.78, 5) is 21.6. The Morgan fingerprint density at radius 1 is 1.10 bits per heavy atom. The Labute approximate surface area is 184 Å². The third-order valence-corrected chi connectivity index (χ3v) is 7.65. The molecule has 4 rings (SSSR count). The molecule has 0 aliphatic carbocycles. The molecule has 1 amide bonds. The fourth-order valence-corrected chi connectivity index (χ4v) is 5.46. The van der Waals surface area contributed by atoms with Gasteiger partial charge in [0.25, 0.3) is 0 Å². The minimum Gasteiger partial charge on any atom is -0.339 e. The number of rotatable bonds is 6. The number of thioether (sulfide) groups is 1. The molecule has 2 aliphatic rings. The summed E-state index contributed by atoms with van der Waals surface area (Å²) in [5.41, 5.74) is 2.75. The highest BCUT2D eigenvalue weighted by atomic mass is 32.2. The first kappa shape index (κ1) is 21.3. The second-order valence-electron chi connectivity index (χ2n) is 8.88. The van der Waals surface area contributed by atoms with Gasteiger partial charge in [-0.2, -0.15) is 0 Å². The van der Waals surface area contributed by atoms with Gasteiger partial charge in [-0.05, 0) is 41.6 Å². The predicted octanol–water partition coefficient (Wildman–Crippen LogP) is 3.30. The fourth-order valence-electron chi connectivity index (χ4n) is 4.23. The summed E-state index contributed by atoms with van der Waals surface area (Å²) in [5.74, 6) is 1.08. The van der Waals surface area contributed by atoms with Crippen LogP contribution in [0.2, 0.25) is 0 Å². The van der Waals surface area contributed by atoms with Gasteiger partial charge in [0, 0.05) is 44.3 Å². The highest BCUT2D eigenvalue weighted by Crippen LogP contribution is 2.33. The van der Waals surface area contributed by atoms with Crippen molar-refractivity contribution in [1.29, 1.82) is 0 Å². The maximum Gasteiger partial charge on any atom is 0.240 e. The van der Waals surface area contributed by atoms with Crippen molar-refractivity contribution in [2.45, 2.75) is 37.1 Å². The summed E-state index contributed by atoms with van der Waals surface area (Å²) >= 11 is 1.81. The lowest BCUT2D eigenvalue weighted by atomic mass is 9.81. The highest BCUT2D eigenvalue weighted by Gasteiger charge is 2.34. The maximum atomic E-state index is 13.0. The average Bonchev–Trinajstić information content (AvgIpc) is 3.29. The SMILES string of the molecule is CC(C)(CCN1CCN(C(=O)[C@@H]2CSC(c3ccncc3)N2)CC1)c1ccccc1. The van der Waals surface area contributed by atoms with Crippen LogP contribution in [0.1, 0.15) is 36.8 Å². The van der Waals surface area contributed by atoms with Crippen LogP contribution in [0.3, 0.4) is 0 Å². The van der Waals surface area contributed by atoms with Crippen molar-refractivity contribution in [3.05, 3.63) is 66.0 Å². The van der Waals surface area contributed by atoms with Gasteiger partial charge in [0.1, 0.15) is 0 Å². The normalized spacial score (nSPS) is 22.9. The van der Waals surface area contributed by atoms with Gasteiger partial charge in [-0.3, -0.25) is 20.0 Å². The third kappa shape index (κ3) is 5.05. The number of hydrogen-bond donors (Lipinski definition) is 1. The smallest absolute Gasteiger partial charge is 0.240 e. The van der Waals surface area contributed by atoms with Crippen LogP contribution >= 0.6 is 11.8 Å². The van der Waals surface area contributed by atoms with Crippen molar-refractivity contribution < 1.29 is 4.79 Å². The lowest BCUT2D eigenvalue weighted by Crippen LogP contribution is -2.54. The van der Waals surface area contributed by atoms with Gasteiger partial charge < -0.3 is 4.90 Å². The van der Waals surface area contributed by atoms with E-state index >= 15 is 0 Å². The molecule has 0 radical (unpaired) electrons. The first-order valence-corrected chi connectivity index (χ1v) is 11.9. The number of carbonyl (C=O) groups is 1. The molecule has 0 spiro atoms. The number of aromatic nitrogens is 1. The molecule has 160 valence electrons. The van der Waals surface area contributed by atoms with E-state index in [9.17, 15) is 4.79 Å². The van der Waals surface area contributed by atoms with Crippen LogP contribution in [0.4, 0.5) is 0 Å². The lowest BCUT2D eigenvalue weighted by Gasteiger charge is -2.37. The molecule has 1 aromatic carbocycles. The quantitative estimate of drug-likeness (QED) is 0.771. The minimum atomic E-state index is -0.0864. The fraction of sp³-hybridized carbons (Fsp3) is 0.500. The third-order valence-electron chi connectivity index (χ3n) is 6.38. The highest BCUT2D eigenvalue weighted by molar-refractivity contribution is 7.99. The van der Waals surface area contributed by atoms with Crippen LogP contribution in [-0.2, 0) is 10.2 Å². The van der Waals surface area contributed by atoms with Crippen molar-refractivity contribution in [2.75, 3.05) is 38.5 Å². The molecule has 2 aromatic rings. The molecule has 0 saturated carbocycles. The van der Waals surface area contributed by atoms with E-state index in [2.05, 4.69) is 59.4 Å². The van der Waals surface area contributed by atoms with Gasteiger partial charge in [-0.15, -0.1) is 11.8 Å². The zero-order chi connectivity index (χ0) is 21.0. The predicted molar refractivity (Wildman–Crippen MR) is 123 cm³/mol. The summed E-state index contributed by atoms with van der Waals surface area (Å²) in [7, 11) is 0. The first-order chi connectivity index (χ1) is 14.5. The van der Waals surface area contributed by atoms with Gasteiger partial charge in [-0.1, -0.05) is 44.2 Å². The van der Waals surface area contributed by atoms with Crippen LogP contribution < -0.4 is 5.32 Å². The Morgan fingerprint density at radius 2 is 1.80 bits per heavy atom. The van der Waals surface area contributed by atoms with E-state index in [-0.39, 0.29) is 22.7 Å². The molecule has 2 atom stereocenters. The molecule has 2 aliphatic heterocycles. The van der Waals surface area contributed by atoms with Crippen LogP contribution in [0, 0.1) is 0 Å². The summed E-state index contributed by atoms with van der Waals surface area (Å²) in [6.45, 7) is 9.30. The van der Waals surface area contributed by atoms with Gasteiger partial charge in [-0.25, -0.2) is 0 Å². The number of carbonyl (C=O) groups excluding carboxylic acids is 1. The molecule has 1 aromatic heterocycles. The second kappa shape index (κ2) is 9.50. The molecular formula is C24H32N4OS. The summed E-state index contributed by atoms with van der Waals surface area (Å²) < 4.78 is 0. The van der Waals surface area contributed by atoms with E-state index in [1.807, 2.05) is 41.2 Å². The molecule has 30 heavy (non-hydrogen) atoms. The molecule has 1 N–H and O–H groups in total. The zero-order valence-corrected chi connectivity index (χ0v) is 18.8. The molecule has 2 fully saturated rings. The van der Waals surface area contributed by atoms with E-state index < -0.39 is 0 Å². The molecule has 6 heteroatoms. The van der Waals surface area contributed by atoms with Crippen molar-refractivity contribution in [1.82, 2.24) is 20.1 Å². The average molecular weight is 425 g/mol. The van der Waals surface area contributed by atoms with Crippen molar-refractivity contribution in [2.24, 2.45) is 0 Å². The standard InChI is InChI=1S/C24H32N4OS/c1-24(2,20-6-4-3-5-7-20)10-13-27-14-16-28(17-15-27)23(29)21-18-30-22(26-21)19-8-11-25-12-9-19/h3-9,11-12,21-22,26H,10,13-18H2,1-2H3/t21-,22?/m0/s1. The lowest BCUT2D eigenvalue weighted by molar-refractivity contribution is -0.134. The van der Waals surface area contributed by atoms with E-state index in [0.29, 0.717) is 0 Å². The second-order valence-corrected chi connectivity index (χ2v) is 10.0. The number of benzene rings is 1. The largest absolute Gasteiger partial charge is 0.339 e. The summed E-state index contributed by atoms with van der Waals surface area (Å²) in [6, 6.07) is 14.7. The van der Waals surface area contributed by atoms with Gasteiger partial charge in [0.15, 0.2) is 0 Å². The van der Waals surface area contributed by atoms with E-state index in [1.54, 1.807) is 0 Å². The molecule has 1 unspecified atom stereocenters. The van der Waals surface area contributed by atoms with Crippen molar-refractivity contribution >= 4 is 17.7 Å². The van der Waals surface area contributed by atoms with Crippen molar-refractivity contribution in [3.63, 3.8) is 0 Å². The number of amides is 1. The van der Waals surface area contributed by atoms with Crippen LogP contribution in [0.25, 0.3) is 0 Å². The monoisotopic (exact) mass is 424 g/mol. The molecule has 0 bridgehead atoms.